The van der Waals surface area contributed by atoms with Crippen molar-refractivity contribution in [3.8, 4) is 0 Å². The van der Waals surface area contributed by atoms with Crippen LogP contribution in [0.4, 0.5) is 0 Å². The third-order valence-electron chi connectivity index (χ3n) is 3.63. The number of rotatable bonds is 3. The molecule has 1 aliphatic rings. The van der Waals surface area contributed by atoms with Gasteiger partial charge in [-0.15, -0.1) is 0 Å². The molecule has 0 bridgehead atoms. The molecule has 1 saturated heterocycles. The molecule has 1 aromatic heterocycles. The van der Waals surface area contributed by atoms with Crippen LogP contribution in [-0.2, 0) is 13.0 Å². The standard InChI is InChI=1S/C12H21N3S/c1-3-10-8-13-12(16)15(10)9-11-6-4-5-7-14(11)2/h8,11H,3-7,9H2,1-2H3,(H,13,16). The molecule has 1 aromatic rings. The molecule has 0 saturated carbocycles. The molecule has 16 heavy (non-hydrogen) atoms. The Kier molecular flexibility index (Phi) is 3.82. The maximum Gasteiger partial charge on any atom is 0.177 e. The summed E-state index contributed by atoms with van der Waals surface area (Å²) in [5.41, 5.74) is 1.32. The van der Waals surface area contributed by atoms with Crippen molar-refractivity contribution in [1.82, 2.24) is 14.5 Å². The molecule has 2 rings (SSSR count). The van der Waals surface area contributed by atoms with Gasteiger partial charge in [0, 0.05) is 24.5 Å². The van der Waals surface area contributed by atoms with Gasteiger partial charge in [0.2, 0.25) is 0 Å². The lowest BCUT2D eigenvalue weighted by molar-refractivity contribution is 0.166. The van der Waals surface area contributed by atoms with Crippen molar-refractivity contribution in [2.75, 3.05) is 13.6 Å². The fourth-order valence-corrected chi connectivity index (χ4v) is 2.76. The van der Waals surface area contributed by atoms with E-state index in [0.717, 1.165) is 17.7 Å². The van der Waals surface area contributed by atoms with Crippen molar-refractivity contribution in [3.63, 3.8) is 0 Å². The lowest BCUT2D eigenvalue weighted by Gasteiger charge is -2.33. The minimum Gasteiger partial charge on any atom is -0.337 e. The number of hydrogen-bond donors (Lipinski definition) is 1. The number of likely N-dealkylation sites (N-methyl/N-ethyl adjacent to an activating group) is 1. The third-order valence-corrected chi connectivity index (χ3v) is 3.97. The Hall–Kier alpha value is -0.610. The summed E-state index contributed by atoms with van der Waals surface area (Å²) in [6, 6.07) is 0.654. The van der Waals surface area contributed by atoms with Gasteiger partial charge in [-0.25, -0.2) is 0 Å². The Balaban J connectivity index is 2.13. The number of nitrogens with one attached hydrogen (secondary N) is 1. The number of aromatic nitrogens is 2. The summed E-state index contributed by atoms with van der Waals surface area (Å²) in [5.74, 6) is 0. The van der Waals surface area contributed by atoms with Crippen LogP contribution in [0, 0.1) is 4.77 Å². The van der Waals surface area contributed by atoms with Crippen molar-refractivity contribution >= 4 is 12.2 Å². The van der Waals surface area contributed by atoms with Crippen LogP contribution in [0.3, 0.4) is 0 Å². The van der Waals surface area contributed by atoms with Gasteiger partial charge in [0.15, 0.2) is 4.77 Å². The van der Waals surface area contributed by atoms with Crippen LogP contribution in [-0.4, -0.2) is 34.1 Å². The lowest BCUT2D eigenvalue weighted by Crippen LogP contribution is -2.39. The van der Waals surface area contributed by atoms with Gasteiger partial charge in [0.25, 0.3) is 0 Å². The SMILES string of the molecule is CCc1c[nH]c(=S)n1CC1CCCCN1C. The number of H-pyrrole nitrogens is 1. The zero-order chi connectivity index (χ0) is 11.5. The Bertz CT molecular complexity index is 393. The van der Waals surface area contributed by atoms with Crippen LogP contribution >= 0.6 is 12.2 Å². The molecule has 0 amide bonds. The summed E-state index contributed by atoms with van der Waals surface area (Å²) in [5, 5.41) is 0. The summed E-state index contributed by atoms with van der Waals surface area (Å²) in [7, 11) is 2.23. The average Bonchev–Trinajstić information content (AvgIpc) is 2.63. The van der Waals surface area contributed by atoms with Crippen molar-refractivity contribution in [2.45, 2.75) is 45.2 Å². The molecule has 0 spiro atoms. The van der Waals surface area contributed by atoms with Crippen molar-refractivity contribution in [1.29, 1.82) is 0 Å². The smallest absolute Gasteiger partial charge is 0.177 e. The number of imidazole rings is 1. The highest BCUT2D eigenvalue weighted by Crippen LogP contribution is 2.17. The summed E-state index contributed by atoms with van der Waals surface area (Å²) in [4.78, 5) is 5.62. The number of aromatic amines is 1. The largest absolute Gasteiger partial charge is 0.337 e. The highest BCUT2D eigenvalue weighted by molar-refractivity contribution is 7.71. The fourth-order valence-electron chi connectivity index (χ4n) is 2.51. The van der Waals surface area contributed by atoms with Gasteiger partial charge in [-0.3, -0.25) is 0 Å². The lowest BCUT2D eigenvalue weighted by atomic mass is 10.0. The highest BCUT2D eigenvalue weighted by atomic mass is 32.1. The molecular weight excluding hydrogens is 218 g/mol. The molecule has 3 nitrogen and oxygen atoms in total. The number of piperidine rings is 1. The maximum atomic E-state index is 5.34. The van der Waals surface area contributed by atoms with E-state index in [2.05, 4.69) is 28.4 Å². The molecule has 90 valence electrons. The predicted molar refractivity (Wildman–Crippen MR) is 69.3 cm³/mol. The number of hydrogen-bond acceptors (Lipinski definition) is 2. The molecular formula is C12H21N3S. The van der Waals surface area contributed by atoms with Crippen LogP contribution in [0.1, 0.15) is 31.9 Å². The van der Waals surface area contributed by atoms with E-state index in [9.17, 15) is 0 Å². The van der Waals surface area contributed by atoms with Crippen molar-refractivity contribution < 1.29 is 0 Å². The Labute approximate surface area is 102 Å². The predicted octanol–water partition coefficient (Wildman–Crippen LogP) is 2.59. The van der Waals surface area contributed by atoms with Crippen LogP contribution in [0.5, 0.6) is 0 Å². The summed E-state index contributed by atoms with van der Waals surface area (Å²) < 4.78 is 3.14. The summed E-state index contributed by atoms with van der Waals surface area (Å²) in [6.45, 7) is 4.45. The zero-order valence-electron chi connectivity index (χ0n) is 10.2. The fraction of sp³-hybridized carbons (Fsp3) is 0.750. The Morgan fingerprint density at radius 1 is 1.50 bits per heavy atom. The molecule has 4 heteroatoms. The monoisotopic (exact) mass is 239 g/mol. The molecule has 1 aliphatic heterocycles. The van der Waals surface area contributed by atoms with E-state index in [1.165, 1.54) is 31.5 Å². The van der Waals surface area contributed by atoms with Gasteiger partial charge in [0.05, 0.1) is 0 Å². The first kappa shape index (κ1) is 11.9. The van der Waals surface area contributed by atoms with Crippen molar-refractivity contribution in [2.24, 2.45) is 0 Å². The van der Waals surface area contributed by atoms with Gasteiger partial charge in [0.1, 0.15) is 0 Å². The average molecular weight is 239 g/mol. The molecule has 0 aromatic carbocycles. The number of aryl methyl sites for hydroxylation is 1. The van der Waals surface area contributed by atoms with E-state index in [1.807, 2.05) is 6.20 Å². The van der Waals surface area contributed by atoms with Crippen LogP contribution in [0.25, 0.3) is 0 Å². The van der Waals surface area contributed by atoms with E-state index in [0.29, 0.717) is 6.04 Å². The van der Waals surface area contributed by atoms with Gasteiger partial charge in [-0.05, 0) is 45.1 Å². The van der Waals surface area contributed by atoms with Crippen LogP contribution in [0.2, 0.25) is 0 Å². The number of nitrogens with zero attached hydrogens (tertiary/aromatic N) is 2. The molecule has 1 N–H and O–H groups in total. The second-order valence-corrected chi connectivity index (χ2v) is 5.07. The molecule has 0 aliphatic carbocycles. The summed E-state index contributed by atoms with van der Waals surface area (Å²) in [6.07, 6.45) is 7.09. The highest BCUT2D eigenvalue weighted by Gasteiger charge is 2.20. The molecule has 1 fully saturated rings. The first-order valence-electron chi connectivity index (χ1n) is 6.19. The van der Waals surface area contributed by atoms with E-state index >= 15 is 0 Å². The van der Waals surface area contributed by atoms with Crippen LogP contribution < -0.4 is 0 Å². The molecule has 1 atom stereocenters. The topological polar surface area (TPSA) is 24.0 Å². The normalized spacial score (nSPS) is 22.5. The minimum absolute atomic E-state index is 0.654. The van der Waals surface area contributed by atoms with E-state index < -0.39 is 0 Å². The van der Waals surface area contributed by atoms with Gasteiger partial charge >= 0.3 is 0 Å². The third kappa shape index (κ3) is 2.38. The van der Waals surface area contributed by atoms with Crippen LogP contribution in [0.15, 0.2) is 6.20 Å². The zero-order valence-corrected chi connectivity index (χ0v) is 11.0. The second-order valence-electron chi connectivity index (χ2n) is 4.68. The van der Waals surface area contributed by atoms with Gasteiger partial charge in [-0.2, -0.15) is 0 Å². The molecule has 0 radical (unpaired) electrons. The van der Waals surface area contributed by atoms with E-state index in [1.54, 1.807) is 0 Å². The first-order chi connectivity index (χ1) is 7.72. The first-order valence-corrected chi connectivity index (χ1v) is 6.60. The van der Waals surface area contributed by atoms with E-state index in [4.69, 9.17) is 12.2 Å². The maximum absolute atomic E-state index is 5.34. The number of likely N-dealkylation sites (tertiary alicyclic amines) is 1. The summed E-state index contributed by atoms with van der Waals surface area (Å²) >= 11 is 5.34. The van der Waals surface area contributed by atoms with Crippen molar-refractivity contribution in [3.05, 3.63) is 16.7 Å². The van der Waals surface area contributed by atoms with Gasteiger partial charge < -0.3 is 14.5 Å². The Morgan fingerprint density at radius 2 is 2.31 bits per heavy atom. The van der Waals surface area contributed by atoms with Gasteiger partial charge in [-0.1, -0.05) is 13.3 Å². The van der Waals surface area contributed by atoms with E-state index in [-0.39, 0.29) is 0 Å². The Morgan fingerprint density at radius 3 is 3.00 bits per heavy atom. The second kappa shape index (κ2) is 5.15. The molecule has 1 unspecified atom stereocenters. The minimum atomic E-state index is 0.654. The molecule has 2 heterocycles. The quantitative estimate of drug-likeness (QED) is 0.820.